The van der Waals surface area contributed by atoms with Gasteiger partial charge in [0.05, 0.1) is 0 Å². The number of thioether (sulfide) groups is 1. The zero-order valence-corrected chi connectivity index (χ0v) is 10.2. The summed E-state index contributed by atoms with van der Waals surface area (Å²) in [5, 5.41) is 1.13. The van der Waals surface area contributed by atoms with Gasteiger partial charge in [-0.05, 0) is 38.0 Å². The lowest BCUT2D eigenvalue weighted by atomic mass is 9.68. The van der Waals surface area contributed by atoms with Crippen LogP contribution in [0.25, 0.3) is 0 Å². The van der Waals surface area contributed by atoms with Crippen LogP contribution in [0.3, 0.4) is 0 Å². The standard InChI is InChI=1S/C12H19N2S/c1-12(5-3-6-12)7-4-10-15-11-13-8-9-14(11)2/h8-9H,1,3-7,10H2,2H3. The Labute approximate surface area is 96.5 Å². The van der Waals surface area contributed by atoms with E-state index in [2.05, 4.69) is 16.5 Å². The van der Waals surface area contributed by atoms with Gasteiger partial charge in [-0.15, -0.1) is 0 Å². The zero-order valence-electron chi connectivity index (χ0n) is 9.41. The van der Waals surface area contributed by atoms with Crippen LogP contribution in [-0.4, -0.2) is 15.3 Å². The van der Waals surface area contributed by atoms with Crippen molar-refractivity contribution in [2.45, 2.75) is 37.3 Å². The number of aryl methyl sites for hydroxylation is 1. The highest BCUT2D eigenvalue weighted by atomic mass is 32.2. The van der Waals surface area contributed by atoms with Crippen molar-refractivity contribution in [3.05, 3.63) is 19.3 Å². The summed E-state index contributed by atoms with van der Waals surface area (Å²) in [5.41, 5.74) is 0.433. The number of nitrogens with zero attached hydrogens (tertiary/aromatic N) is 2. The highest BCUT2D eigenvalue weighted by Crippen LogP contribution is 2.43. The second-order valence-electron chi connectivity index (χ2n) is 4.63. The van der Waals surface area contributed by atoms with Crippen LogP contribution in [0.4, 0.5) is 0 Å². The Hall–Kier alpha value is -0.440. The fourth-order valence-electron chi connectivity index (χ4n) is 2.03. The van der Waals surface area contributed by atoms with Gasteiger partial charge in [-0.2, -0.15) is 0 Å². The predicted octanol–water partition coefficient (Wildman–Crippen LogP) is 3.30. The maximum Gasteiger partial charge on any atom is 0.167 e. The fraction of sp³-hybridized carbons (Fsp3) is 0.667. The van der Waals surface area contributed by atoms with Gasteiger partial charge in [0.15, 0.2) is 5.16 Å². The second-order valence-corrected chi connectivity index (χ2v) is 5.69. The maximum absolute atomic E-state index is 4.30. The van der Waals surface area contributed by atoms with Crippen molar-refractivity contribution >= 4 is 11.8 Å². The number of imidazole rings is 1. The molecule has 1 aromatic rings. The smallest absolute Gasteiger partial charge is 0.167 e. The molecule has 15 heavy (non-hydrogen) atoms. The lowest BCUT2D eigenvalue weighted by Gasteiger charge is -2.38. The Morgan fingerprint density at radius 1 is 1.60 bits per heavy atom. The average molecular weight is 223 g/mol. The first-order valence-electron chi connectivity index (χ1n) is 5.65. The van der Waals surface area contributed by atoms with Gasteiger partial charge in [-0.1, -0.05) is 18.2 Å². The third-order valence-corrected chi connectivity index (χ3v) is 4.42. The van der Waals surface area contributed by atoms with E-state index in [0.717, 1.165) is 5.16 Å². The van der Waals surface area contributed by atoms with Gasteiger partial charge in [0.1, 0.15) is 0 Å². The summed E-state index contributed by atoms with van der Waals surface area (Å²) in [6, 6.07) is 0. The van der Waals surface area contributed by atoms with Gasteiger partial charge in [0, 0.05) is 25.2 Å². The molecule has 3 heteroatoms. The van der Waals surface area contributed by atoms with Crippen LogP contribution in [0.2, 0.25) is 0 Å². The molecule has 1 heterocycles. The van der Waals surface area contributed by atoms with Crippen molar-refractivity contribution in [1.29, 1.82) is 0 Å². The second kappa shape index (κ2) is 4.60. The third-order valence-electron chi connectivity index (χ3n) is 3.27. The normalized spacial score (nSPS) is 18.8. The Kier molecular flexibility index (Phi) is 3.39. The van der Waals surface area contributed by atoms with Crippen LogP contribution >= 0.6 is 11.8 Å². The third kappa shape index (κ3) is 2.77. The van der Waals surface area contributed by atoms with Crippen LogP contribution in [0.15, 0.2) is 17.6 Å². The summed E-state index contributed by atoms with van der Waals surface area (Å²) >= 11 is 1.85. The largest absolute Gasteiger partial charge is 0.329 e. The van der Waals surface area contributed by atoms with E-state index < -0.39 is 0 Å². The van der Waals surface area contributed by atoms with Gasteiger partial charge < -0.3 is 4.57 Å². The van der Waals surface area contributed by atoms with Crippen LogP contribution in [-0.2, 0) is 7.05 Å². The predicted molar refractivity (Wildman–Crippen MR) is 64.8 cm³/mol. The SMILES string of the molecule is [CH2]C1(CCCSc2nccn2C)CCC1. The van der Waals surface area contributed by atoms with E-state index in [-0.39, 0.29) is 0 Å². The molecule has 0 spiro atoms. The molecule has 0 bridgehead atoms. The summed E-state index contributed by atoms with van der Waals surface area (Å²) in [6.07, 6.45) is 10.5. The first-order valence-corrected chi connectivity index (χ1v) is 6.64. The highest BCUT2D eigenvalue weighted by molar-refractivity contribution is 7.99. The molecule has 0 atom stereocenters. The van der Waals surface area contributed by atoms with Crippen LogP contribution in [0.5, 0.6) is 0 Å². The molecule has 2 rings (SSSR count). The highest BCUT2D eigenvalue weighted by Gasteiger charge is 2.30. The molecule has 0 N–H and O–H groups in total. The molecule has 0 saturated heterocycles. The first kappa shape index (κ1) is 11.1. The topological polar surface area (TPSA) is 17.8 Å². The number of rotatable bonds is 5. The first-order chi connectivity index (χ1) is 7.20. The van der Waals surface area contributed by atoms with E-state index in [0.29, 0.717) is 5.41 Å². The fourth-order valence-corrected chi connectivity index (χ4v) is 2.90. The summed E-state index contributed by atoms with van der Waals surface area (Å²) in [4.78, 5) is 4.29. The molecule has 1 aromatic heterocycles. The van der Waals surface area contributed by atoms with E-state index >= 15 is 0 Å². The molecule has 1 fully saturated rings. The monoisotopic (exact) mass is 223 g/mol. The minimum Gasteiger partial charge on any atom is -0.329 e. The maximum atomic E-state index is 4.30. The molecule has 0 aliphatic heterocycles. The summed E-state index contributed by atoms with van der Waals surface area (Å²) < 4.78 is 2.08. The van der Waals surface area contributed by atoms with E-state index in [1.54, 1.807) is 0 Å². The van der Waals surface area contributed by atoms with Gasteiger partial charge in [0.2, 0.25) is 0 Å². The Balaban J connectivity index is 1.65. The molecule has 1 aliphatic rings. The molecule has 1 radical (unpaired) electrons. The number of hydrogen-bond donors (Lipinski definition) is 0. The van der Waals surface area contributed by atoms with Gasteiger partial charge >= 0.3 is 0 Å². The molecule has 2 nitrogen and oxygen atoms in total. The quantitative estimate of drug-likeness (QED) is 0.563. The molecule has 0 amide bonds. The van der Waals surface area contributed by atoms with Gasteiger partial charge in [0.25, 0.3) is 0 Å². The Morgan fingerprint density at radius 3 is 2.93 bits per heavy atom. The number of hydrogen-bond acceptors (Lipinski definition) is 2. The lowest BCUT2D eigenvalue weighted by molar-refractivity contribution is 0.182. The molecule has 0 unspecified atom stereocenters. The average Bonchev–Trinajstić information content (AvgIpc) is 2.56. The van der Waals surface area contributed by atoms with Crippen molar-refractivity contribution in [3.8, 4) is 0 Å². The van der Waals surface area contributed by atoms with Gasteiger partial charge in [-0.25, -0.2) is 4.98 Å². The van der Waals surface area contributed by atoms with E-state index in [1.807, 2.05) is 31.2 Å². The molecular formula is C12H19N2S. The number of aromatic nitrogens is 2. The van der Waals surface area contributed by atoms with Crippen LogP contribution in [0.1, 0.15) is 32.1 Å². The minimum absolute atomic E-state index is 0.433. The van der Waals surface area contributed by atoms with Crippen LogP contribution < -0.4 is 0 Å². The molecular weight excluding hydrogens is 204 g/mol. The summed E-state index contributed by atoms with van der Waals surface area (Å²) in [5.74, 6) is 1.17. The van der Waals surface area contributed by atoms with Crippen molar-refractivity contribution in [1.82, 2.24) is 9.55 Å². The molecule has 83 valence electrons. The van der Waals surface area contributed by atoms with Crippen molar-refractivity contribution in [3.63, 3.8) is 0 Å². The zero-order chi connectivity index (χ0) is 10.7. The minimum atomic E-state index is 0.433. The lowest BCUT2D eigenvalue weighted by Crippen LogP contribution is -2.25. The molecule has 1 aliphatic carbocycles. The van der Waals surface area contributed by atoms with E-state index in [4.69, 9.17) is 0 Å². The van der Waals surface area contributed by atoms with Crippen molar-refractivity contribution < 1.29 is 0 Å². The summed E-state index contributed by atoms with van der Waals surface area (Å²) in [6.45, 7) is 4.30. The van der Waals surface area contributed by atoms with Crippen LogP contribution in [0, 0.1) is 12.3 Å². The molecule has 0 aromatic carbocycles. The van der Waals surface area contributed by atoms with Gasteiger partial charge in [-0.3, -0.25) is 0 Å². The summed E-state index contributed by atoms with van der Waals surface area (Å²) in [7, 11) is 2.05. The van der Waals surface area contributed by atoms with E-state index in [9.17, 15) is 0 Å². The van der Waals surface area contributed by atoms with E-state index in [1.165, 1.54) is 37.9 Å². The van der Waals surface area contributed by atoms with Crippen molar-refractivity contribution in [2.24, 2.45) is 12.5 Å². The van der Waals surface area contributed by atoms with Crippen molar-refractivity contribution in [2.75, 3.05) is 5.75 Å². The Morgan fingerprint density at radius 2 is 2.40 bits per heavy atom. The molecule has 1 saturated carbocycles. The Bertz CT molecular complexity index is 315.